The van der Waals surface area contributed by atoms with Gasteiger partial charge in [0.1, 0.15) is 24.3 Å². The molecule has 214 valence electrons. The lowest BCUT2D eigenvalue weighted by molar-refractivity contribution is -0.138. The summed E-state index contributed by atoms with van der Waals surface area (Å²) in [6, 6.07) is 13.7. The second kappa shape index (κ2) is 13.8. The van der Waals surface area contributed by atoms with Crippen LogP contribution in [0.5, 0.6) is 5.75 Å². The molecule has 0 bridgehead atoms. The van der Waals surface area contributed by atoms with Gasteiger partial charge in [-0.3, -0.25) is 24.0 Å². The van der Waals surface area contributed by atoms with E-state index in [2.05, 4.69) is 10.6 Å². The van der Waals surface area contributed by atoms with Crippen molar-refractivity contribution in [1.29, 1.82) is 0 Å². The first kappa shape index (κ1) is 30.4. The van der Waals surface area contributed by atoms with Crippen LogP contribution in [0.25, 0.3) is 0 Å². The van der Waals surface area contributed by atoms with Crippen molar-refractivity contribution in [1.82, 2.24) is 9.88 Å². The highest BCUT2D eigenvalue weighted by Gasteiger charge is 2.21. The fourth-order valence-electron chi connectivity index (χ4n) is 4.19. The van der Waals surface area contributed by atoms with Crippen molar-refractivity contribution in [3.63, 3.8) is 0 Å². The molecule has 0 saturated heterocycles. The van der Waals surface area contributed by atoms with Crippen molar-refractivity contribution in [3.05, 3.63) is 93.4 Å². The lowest BCUT2D eigenvalue weighted by Crippen LogP contribution is -2.42. The molecule has 0 radical (unpaired) electrons. The molecule has 0 aliphatic heterocycles. The first-order valence-corrected chi connectivity index (χ1v) is 12.6. The molecule has 12 heteroatoms. The maximum absolute atomic E-state index is 13.4. The number of phenols is 1. The van der Waals surface area contributed by atoms with Crippen molar-refractivity contribution in [2.45, 2.75) is 44.8 Å². The molecular formula is C29H30N4O8. The van der Waals surface area contributed by atoms with Crippen LogP contribution in [0.1, 0.15) is 40.5 Å². The molecule has 0 aliphatic carbocycles. The standard InChI is InChI=1S/C29H30N4O8/c1-17(35)23-14-22(36)9-7-19(23)12-24(30)28(40)32-25-10-8-21(11-18-5-3-2-4-6-18)33(29(25)41)15-26(37)31-20(16-34)13-27(38)39/h2-10,14,16,20,24,36H,11-13,15,30H2,1H3,(H,31,37)(H,32,40)(H,38,39)/t20?,24-/m0/s1. The molecule has 2 amide bonds. The predicted octanol–water partition coefficient (Wildman–Crippen LogP) is 1.01. The number of aromatic nitrogens is 1. The van der Waals surface area contributed by atoms with Gasteiger partial charge in [0.15, 0.2) is 5.78 Å². The summed E-state index contributed by atoms with van der Waals surface area (Å²) in [6.07, 6.45) is -0.122. The van der Waals surface area contributed by atoms with Gasteiger partial charge in [-0.05, 0) is 48.7 Å². The van der Waals surface area contributed by atoms with Crippen LogP contribution in [0, 0.1) is 0 Å². The monoisotopic (exact) mass is 562 g/mol. The smallest absolute Gasteiger partial charge is 0.305 e. The summed E-state index contributed by atoms with van der Waals surface area (Å²) in [5.41, 5.74) is 7.11. The third kappa shape index (κ3) is 8.44. The fourth-order valence-corrected chi connectivity index (χ4v) is 4.19. The zero-order valence-corrected chi connectivity index (χ0v) is 22.2. The average Bonchev–Trinajstić information content (AvgIpc) is 2.92. The van der Waals surface area contributed by atoms with E-state index in [1.165, 1.54) is 31.2 Å². The first-order chi connectivity index (χ1) is 19.5. The van der Waals surface area contributed by atoms with Crippen molar-refractivity contribution in [3.8, 4) is 5.75 Å². The number of carbonyl (C=O) groups excluding carboxylic acids is 4. The molecule has 2 atom stereocenters. The van der Waals surface area contributed by atoms with Gasteiger partial charge in [-0.15, -0.1) is 0 Å². The summed E-state index contributed by atoms with van der Waals surface area (Å²) in [6.45, 7) is 0.772. The van der Waals surface area contributed by atoms with E-state index < -0.39 is 48.4 Å². The van der Waals surface area contributed by atoms with Crippen LogP contribution < -0.4 is 21.9 Å². The lowest BCUT2D eigenvalue weighted by atomic mass is 9.97. The summed E-state index contributed by atoms with van der Waals surface area (Å²) in [5, 5.41) is 23.4. The number of nitrogens with zero attached hydrogens (tertiary/aromatic N) is 1. The minimum Gasteiger partial charge on any atom is -0.508 e. The Morgan fingerprint density at radius 3 is 2.39 bits per heavy atom. The predicted molar refractivity (Wildman–Crippen MR) is 149 cm³/mol. The van der Waals surface area contributed by atoms with Gasteiger partial charge in [0.2, 0.25) is 11.8 Å². The Morgan fingerprint density at radius 2 is 1.76 bits per heavy atom. The quantitative estimate of drug-likeness (QED) is 0.149. The number of carboxylic acids is 1. The van der Waals surface area contributed by atoms with Gasteiger partial charge >= 0.3 is 5.97 Å². The first-order valence-electron chi connectivity index (χ1n) is 12.6. The van der Waals surface area contributed by atoms with Gasteiger partial charge in [-0.25, -0.2) is 0 Å². The van der Waals surface area contributed by atoms with Crippen LogP contribution in [-0.2, 0) is 38.6 Å². The third-order valence-electron chi connectivity index (χ3n) is 6.21. The number of phenolic OH excluding ortho intramolecular Hbond substituents is 1. The number of hydrogen-bond acceptors (Lipinski definition) is 8. The number of carbonyl (C=O) groups is 5. The number of benzene rings is 2. The lowest BCUT2D eigenvalue weighted by Gasteiger charge is -2.18. The number of carboxylic acid groups (broad SMARTS) is 1. The second-order valence-electron chi connectivity index (χ2n) is 9.40. The molecule has 12 nitrogen and oxygen atoms in total. The van der Waals surface area contributed by atoms with Crippen LogP contribution in [0.2, 0.25) is 0 Å². The van der Waals surface area contributed by atoms with Crippen LogP contribution in [0.4, 0.5) is 5.69 Å². The number of amides is 2. The number of aldehydes is 1. The minimum atomic E-state index is -1.28. The molecule has 3 rings (SSSR count). The zero-order valence-electron chi connectivity index (χ0n) is 22.2. The van der Waals surface area contributed by atoms with Crippen LogP contribution in [0.15, 0.2) is 65.5 Å². The highest BCUT2D eigenvalue weighted by Crippen LogP contribution is 2.19. The van der Waals surface area contributed by atoms with Crippen molar-refractivity contribution >= 4 is 35.5 Å². The summed E-state index contributed by atoms with van der Waals surface area (Å²) in [5.74, 6) is -3.21. The normalized spacial score (nSPS) is 12.1. The Kier molecular flexibility index (Phi) is 10.3. The summed E-state index contributed by atoms with van der Waals surface area (Å²) in [4.78, 5) is 73.2. The number of hydrogen-bond donors (Lipinski definition) is 5. The molecule has 0 saturated carbocycles. The van der Waals surface area contributed by atoms with E-state index in [0.717, 1.165) is 10.1 Å². The number of pyridine rings is 1. The fraction of sp³-hybridized carbons (Fsp3) is 0.241. The summed E-state index contributed by atoms with van der Waals surface area (Å²) in [7, 11) is 0. The van der Waals surface area contributed by atoms with Crippen molar-refractivity contribution in [2.75, 3.05) is 5.32 Å². The van der Waals surface area contributed by atoms with E-state index >= 15 is 0 Å². The maximum atomic E-state index is 13.4. The topological polar surface area (TPSA) is 198 Å². The molecule has 2 aromatic carbocycles. The van der Waals surface area contributed by atoms with E-state index in [0.29, 0.717) is 17.5 Å². The molecule has 1 aromatic heterocycles. The Bertz CT molecular complexity index is 1520. The molecular weight excluding hydrogens is 532 g/mol. The van der Waals surface area contributed by atoms with E-state index in [1.54, 1.807) is 6.07 Å². The number of nitrogens with one attached hydrogen (secondary N) is 2. The highest BCUT2D eigenvalue weighted by molar-refractivity contribution is 5.97. The number of ketones is 1. The Balaban J connectivity index is 1.87. The molecule has 1 unspecified atom stereocenters. The minimum absolute atomic E-state index is 0.0552. The Morgan fingerprint density at radius 1 is 1.05 bits per heavy atom. The van der Waals surface area contributed by atoms with E-state index in [4.69, 9.17) is 10.8 Å². The number of nitrogens with two attached hydrogens (primary N) is 1. The average molecular weight is 563 g/mol. The summed E-state index contributed by atoms with van der Waals surface area (Å²) >= 11 is 0. The van der Waals surface area contributed by atoms with Gasteiger partial charge in [0.25, 0.3) is 5.56 Å². The van der Waals surface area contributed by atoms with Gasteiger partial charge in [-0.1, -0.05) is 36.4 Å². The molecule has 3 aromatic rings. The highest BCUT2D eigenvalue weighted by atomic mass is 16.4. The SMILES string of the molecule is CC(=O)c1cc(O)ccc1C[C@H](N)C(=O)Nc1ccc(Cc2ccccc2)n(CC(=O)NC(C=O)CC(=O)O)c1=O. The van der Waals surface area contributed by atoms with Gasteiger partial charge < -0.3 is 35.9 Å². The van der Waals surface area contributed by atoms with Gasteiger partial charge in [0.05, 0.1) is 18.5 Å². The van der Waals surface area contributed by atoms with Crippen LogP contribution in [0.3, 0.4) is 0 Å². The summed E-state index contributed by atoms with van der Waals surface area (Å²) < 4.78 is 1.12. The van der Waals surface area contributed by atoms with Gasteiger partial charge in [0, 0.05) is 17.7 Å². The second-order valence-corrected chi connectivity index (χ2v) is 9.40. The number of anilines is 1. The van der Waals surface area contributed by atoms with E-state index in [9.17, 15) is 33.9 Å². The number of Topliss-reactive ketones (excluding diaryl/α,β-unsaturated/α-hetero) is 1. The molecule has 41 heavy (non-hydrogen) atoms. The number of aromatic hydroxyl groups is 1. The van der Waals surface area contributed by atoms with E-state index in [-0.39, 0.29) is 35.6 Å². The van der Waals surface area contributed by atoms with Gasteiger partial charge in [-0.2, -0.15) is 0 Å². The molecule has 0 aliphatic rings. The maximum Gasteiger partial charge on any atom is 0.305 e. The number of aliphatic carboxylic acids is 1. The van der Waals surface area contributed by atoms with Crippen molar-refractivity contribution in [2.24, 2.45) is 5.73 Å². The largest absolute Gasteiger partial charge is 0.508 e. The molecule has 1 heterocycles. The Labute approximate surface area is 234 Å². The number of rotatable bonds is 13. The zero-order chi connectivity index (χ0) is 30.1. The van der Waals surface area contributed by atoms with E-state index in [1.807, 2.05) is 30.3 Å². The molecule has 0 spiro atoms. The van der Waals surface area contributed by atoms with Crippen LogP contribution in [-0.4, -0.2) is 56.7 Å². The molecule has 6 N–H and O–H groups in total. The molecule has 0 fully saturated rings. The van der Waals surface area contributed by atoms with Crippen LogP contribution >= 0.6 is 0 Å². The Hall–Kier alpha value is -5.10. The van der Waals surface area contributed by atoms with Crippen molar-refractivity contribution < 1.29 is 34.2 Å². The third-order valence-corrected chi connectivity index (χ3v) is 6.21.